The summed E-state index contributed by atoms with van der Waals surface area (Å²) in [6.45, 7) is 3.01. The van der Waals surface area contributed by atoms with Crippen molar-refractivity contribution in [2.75, 3.05) is 13.2 Å². The topological polar surface area (TPSA) is 93.1 Å². The van der Waals surface area contributed by atoms with Gasteiger partial charge in [-0.1, -0.05) is 35.9 Å². The quantitative estimate of drug-likeness (QED) is 0.515. The second-order valence-electron chi connectivity index (χ2n) is 7.20. The molecule has 0 radical (unpaired) electrons. The van der Waals surface area contributed by atoms with E-state index in [9.17, 15) is 19.8 Å². The summed E-state index contributed by atoms with van der Waals surface area (Å²) in [5, 5.41) is 20.5. The van der Waals surface area contributed by atoms with Gasteiger partial charge in [-0.2, -0.15) is 0 Å². The largest absolute Gasteiger partial charge is 0.465 e. The highest BCUT2D eigenvalue weighted by molar-refractivity contribution is 6.33. The summed E-state index contributed by atoms with van der Waals surface area (Å²) in [5.41, 5.74) is 2.30. The third-order valence-electron chi connectivity index (χ3n) is 5.50. The van der Waals surface area contributed by atoms with Crippen LogP contribution in [0.25, 0.3) is 11.1 Å². The number of hydrogen-bond acceptors (Lipinski definition) is 6. The SMILES string of the molecule is CCOC(=O)C1(C(=O)OCC)Cc2cc(CO)c(CO)c(-c3ccccc3Cl)c2C1. The second kappa shape index (κ2) is 9.16. The Morgan fingerprint density at radius 3 is 2.20 bits per heavy atom. The number of hydrogen-bond donors (Lipinski definition) is 2. The van der Waals surface area contributed by atoms with Crippen molar-refractivity contribution in [3.8, 4) is 11.1 Å². The van der Waals surface area contributed by atoms with E-state index < -0.39 is 17.4 Å². The predicted molar refractivity (Wildman–Crippen MR) is 112 cm³/mol. The van der Waals surface area contributed by atoms with Crippen molar-refractivity contribution in [2.24, 2.45) is 5.41 Å². The summed E-state index contributed by atoms with van der Waals surface area (Å²) in [6.07, 6.45) is 0.162. The van der Waals surface area contributed by atoms with Crippen LogP contribution in [0.15, 0.2) is 30.3 Å². The molecule has 2 aromatic rings. The molecule has 0 heterocycles. The van der Waals surface area contributed by atoms with Crippen molar-refractivity contribution < 1.29 is 29.3 Å². The molecule has 160 valence electrons. The number of benzene rings is 2. The molecular formula is C23H25ClO6. The van der Waals surface area contributed by atoms with Gasteiger partial charge in [0.15, 0.2) is 5.41 Å². The van der Waals surface area contributed by atoms with Gasteiger partial charge in [0.1, 0.15) is 0 Å². The molecule has 2 N–H and O–H groups in total. The number of aliphatic hydroxyl groups is 2. The van der Waals surface area contributed by atoms with E-state index in [4.69, 9.17) is 21.1 Å². The molecule has 0 saturated carbocycles. The molecule has 3 rings (SSSR count). The van der Waals surface area contributed by atoms with Crippen LogP contribution in [0, 0.1) is 5.41 Å². The van der Waals surface area contributed by atoms with Crippen molar-refractivity contribution in [3.05, 3.63) is 57.6 Å². The summed E-state index contributed by atoms with van der Waals surface area (Å²) in [4.78, 5) is 25.9. The number of fused-ring (bicyclic) bond motifs is 1. The molecule has 1 aliphatic rings. The second-order valence-corrected chi connectivity index (χ2v) is 7.61. The van der Waals surface area contributed by atoms with Crippen LogP contribution in [0.5, 0.6) is 0 Å². The number of esters is 2. The average molecular weight is 433 g/mol. The van der Waals surface area contributed by atoms with Crippen LogP contribution in [0.3, 0.4) is 0 Å². The highest BCUT2D eigenvalue weighted by Crippen LogP contribution is 2.47. The monoisotopic (exact) mass is 432 g/mol. The number of aliphatic hydroxyl groups excluding tert-OH is 2. The Morgan fingerprint density at radius 1 is 1.03 bits per heavy atom. The molecule has 0 unspecified atom stereocenters. The molecule has 0 aromatic heterocycles. The lowest BCUT2D eigenvalue weighted by Crippen LogP contribution is -2.43. The summed E-state index contributed by atoms with van der Waals surface area (Å²) in [7, 11) is 0. The van der Waals surface area contributed by atoms with Crippen molar-refractivity contribution in [3.63, 3.8) is 0 Å². The van der Waals surface area contributed by atoms with Gasteiger partial charge in [0.2, 0.25) is 0 Å². The zero-order chi connectivity index (χ0) is 21.9. The van der Waals surface area contributed by atoms with Gasteiger partial charge in [0, 0.05) is 17.0 Å². The van der Waals surface area contributed by atoms with Gasteiger partial charge < -0.3 is 19.7 Å². The molecule has 30 heavy (non-hydrogen) atoms. The Morgan fingerprint density at radius 2 is 1.67 bits per heavy atom. The van der Waals surface area contributed by atoms with Crippen LogP contribution in [-0.4, -0.2) is 35.4 Å². The van der Waals surface area contributed by atoms with Crippen molar-refractivity contribution >= 4 is 23.5 Å². The number of carbonyl (C=O) groups excluding carboxylic acids is 2. The lowest BCUT2D eigenvalue weighted by atomic mass is 9.83. The fraction of sp³-hybridized carbons (Fsp3) is 0.391. The zero-order valence-electron chi connectivity index (χ0n) is 17.0. The van der Waals surface area contributed by atoms with E-state index in [2.05, 4.69) is 0 Å². The fourth-order valence-corrected chi connectivity index (χ4v) is 4.39. The number of carbonyl (C=O) groups is 2. The zero-order valence-corrected chi connectivity index (χ0v) is 17.8. The molecular weight excluding hydrogens is 408 g/mol. The van der Waals surface area contributed by atoms with Gasteiger partial charge in [0.25, 0.3) is 0 Å². The van der Waals surface area contributed by atoms with E-state index in [0.29, 0.717) is 27.3 Å². The fourth-order valence-electron chi connectivity index (χ4n) is 4.16. The molecule has 2 aromatic carbocycles. The maximum Gasteiger partial charge on any atom is 0.324 e. The Kier molecular flexibility index (Phi) is 6.81. The highest BCUT2D eigenvalue weighted by Gasteiger charge is 2.54. The molecule has 0 amide bonds. The normalized spacial score (nSPS) is 14.3. The molecule has 1 aliphatic carbocycles. The van der Waals surface area contributed by atoms with E-state index in [1.165, 1.54) is 0 Å². The molecule has 0 spiro atoms. The minimum atomic E-state index is -1.51. The number of halogens is 1. The van der Waals surface area contributed by atoms with Crippen molar-refractivity contribution in [1.29, 1.82) is 0 Å². The van der Waals surface area contributed by atoms with Gasteiger partial charge in [-0.05, 0) is 54.2 Å². The van der Waals surface area contributed by atoms with E-state index in [1.54, 1.807) is 32.0 Å². The van der Waals surface area contributed by atoms with E-state index in [0.717, 1.165) is 11.1 Å². The molecule has 0 bridgehead atoms. The summed E-state index contributed by atoms with van der Waals surface area (Å²) < 4.78 is 10.5. The maximum absolute atomic E-state index is 12.9. The van der Waals surface area contributed by atoms with Crippen LogP contribution in [0.1, 0.15) is 36.1 Å². The Labute approximate surface area is 180 Å². The van der Waals surface area contributed by atoms with E-state index in [-0.39, 0.29) is 39.3 Å². The Bertz CT molecular complexity index is 950. The standard InChI is InChI=1S/C23H25ClO6/c1-3-29-21(27)23(22(28)30-4-2)10-14-9-15(12-25)18(13-26)20(17(14)11-23)16-7-5-6-8-19(16)24/h5-9,25-26H,3-4,10-13H2,1-2H3. The average Bonchev–Trinajstić information content (AvgIpc) is 3.14. The molecule has 0 aliphatic heterocycles. The van der Waals surface area contributed by atoms with Gasteiger partial charge in [0.05, 0.1) is 26.4 Å². The first-order valence-corrected chi connectivity index (χ1v) is 10.3. The lowest BCUT2D eigenvalue weighted by Gasteiger charge is -2.24. The van der Waals surface area contributed by atoms with Crippen LogP contribution in [0.2, 0.25) is 5.02 Å². The summed E-state index contributed by atoms with van der Waals surface area (Å²) in [6, 6.07) is 8.89. The first-order chi connectivity index (χ1) is 14.4. The van der Waals surface area contributed by atoms with Crippen molar-refractivity contribution in [1.82, 2.24) is 0 Å². The lowest BCUT2D eigenvalue weighted by molar-refractivity contribution is -0.171. The Hall–Kier alpha value is -2.41. The molecule has 6 nitrogen and oxygen atoms in total. The third kappa shape index (κ3) is 3.71. The van der Waals surface area contributed by atoms with Crippen LogP contribution in [0.4, 0.5) is 0 Å². The number of ether oxygens (including phenoxy) is 2. The molecule has 7 heteroatoms. The van der Waals surface area contributed by atoms with Gasteiger partial charge in [-0.3, -0.25) is 9.59 Å². The van der Waals surface area contributed by atoms with Crippen LogP contribution < -0.4 is 0 Å². The van der Waals surface area contributed by atoms with E-state index >= 15 is 0 Å². The summed E-state index contributed by atoms with van der Waals surface area (Å²) >= 11 is 6.45. The first-order valence-electron chi connectivity index (χ1n) is 9.91. The van der Waals surface area contributed by atoms with E-state index in [1.807, 2.05) is 12.1 Å². The van der Waals surface area contributed by atoms with Gasteiger partial charge in [-0.15, -0.1) is 0 Å². The van der Waals surface area contributed by atoms with Crippen LogP contribution in [-0.2, 0) is 45.1 Å². The molecule has 0 fully saturated rings. The molecule has 0 saturated heterocycles. The first kappa shape index (κ1) is 22.3. The highest BCUT2D eigenvalue weighted by atomic mass is 35.5. The maximum atomic E-state index is 12.9. The Balaban J connectivity index is 2.26. The minimum absolute atomic E-state index is 0.0687. The van der Waals surface area contributed by atoms with Crippen molar-refractivity contribution in [2.45, 2.75) is 39.9 Å². The summed E-state index contributed by atoms with van der Waals surface area (Å²) in [5.74, 6) is -1.28. The third-order valence-corrected chi connectivity index (χ3v) is 5.83. The minimum Gasteiger partial charge on any atom is -0.465 e. The molecule has 0 atom stereocenters. The smallest absolute Gasteiger partial charge is 0.324 e. The van der Waals surface area contributed by atoms with Gasteiger partial charge in [-0.25, -0.2) is 0 Å². The number of rotatable bonds is 7. The predicted octanol–water partition coefficient (Wildman–Crippen LogP) is 3.20. The van der Waals surface area contributed by atoms with Gasteiger partial charge >= 0.3 is 11.9 Å². The van der Waals surface area contributed by atoms with Crippen LogP contribution >= 0.6 is 11.6 Å².